The van der Waals surface area contributed by atoms with Crippen LogP contribution < -0.4 is 0 Å². The smallest absolute Gasteiger partial charge is 0.324 e. The van der Waals surface area contributed by atoms with Crippen LogP contribution in [0, 0.1) is 0 Å². The Morgan fingerprint density at radius 3 is 1.16 bits per heavy atom. The van der Waals surface area contributed by atoms with Crippen LogP contribution in [-0.4, -0.2) is 39.5 Å². The number of fused-ring (bicyclic) bond motifs is 20. The standard InChI is InChI=1S/C33H17F3N8/c34-33(35,36)44-31-23-15-7-8-16-24(23)32(44)43-30-22-14-6-4-12-20(22)28(41-30)39-26-18-10-2-1-9-17(18)25(37-26)38-27-19-11-3-5-13-21(19)29(40-27)42-31/h1-16H,(H,37,38,39,40,41,42,43). The molecule has 11 heteroatoms. The Labute approximate surface area is 245 Å². The van der Waals surface area contributed by atoms with Crippen molar-refractivity contribution in [3.8, 4) is 45.6 Å². The summed E-state index contributed by atoms with van der Waals surface area (Å²) in [5.41, 5.74) is 2.80. The molecule has 44 heavy (non-hydrogen) atoms. The van der Waals surface area contributed by atoms with Gasteiger partial charge in [-0.2, -0.15) is 0 Å². The molecule has 0 radical (unpaired) electrons. The van der Waals surface area contributed by atoms with Crippen molar-refractivity contribution < 1.29 is 13.2 Å². The number of hydrogen-bond donors (Lipinski definition) is 1. The Hall–Kier alpha value is -5.97. The highest BCUT2D eigenvalue weighted by atomic mass is 19.4. The molecule has 8 nitrogen and oxygen atoms in total. The van der Waals surface area contributed by atoms with Crippen molar-refractivity contribution in [1.82, 2.24) is 39.5 Å². The van der Waals surface area contributed by atoms with E-state index in [1.165, 1.54) is 0 Å². The van der Waals surface area contributed by atoms with Crippen LogP contribution in [0.5, 0.6) is 0 Å². The molecule has 4 aromatic carbocycles. The molecular formula is C33H17F3N8. The van der Waals surface area contributed by atoms with Crippen LogP contribution >= 0.6 is 0 Å². The fraction of sp³-hybridized carbons (Fsp3) is 0.0303. The molecule has 9 rings (SSSR count). The Bertz CT molecular complexity index is 2350. The Morgan fingerprint density at radius 2 is 0.773 bits per heavy atom. The van der Waals surface area contributed by atoms with Crippen molar-refractivity contribution in [1.29, 1.82) is 0 Å². The van der Waals surface area contributed by atoms with Gasteiger partial charge in [0.2, 0.25) is 0 Å². The van der Waals surface area contributed by atoms with Crippen molar-refractivity contribution in [3.05, 3.63) is 97.1 Å². The number of alkyl halides is 3. The molecule has 0 saturated heterocycles. The second kappa shape index (κ2) is 8.77. The second-order valence-corrected chi connectivity index (χ2v) is 10.4. The SMILES string of the molecule is FC(F)(F)n1c2nc3nc(nc4[nH]c(nc5nc(nc1c1ccccc12)-c1ccccc1-5)c1ccccc41)-c1ccccc1-3. The zero-order valence-electron chi connectivity index (χ0n) is 22.5. The Balaban J connectivity index is 1.56. The maximum atomic E-state index is 15.0. The third-order valence-corrected chi connectivity index (χ3v) is 7.86. The second-order valence-electron chi connectivity index (χ2n) is 10.4. The first-order valence-electron chi connectivity index (χ1n) is 13.7. The number of H-pyrrole nitrogens is 1. The summed E-state index contributed by atoms with van der Waals surface area (Å²) in [4.78, 5) is 31.6. The monoisotopic (exact) mass is 582 g/mol. The molecular weight excluding hydrogens is 565 g/mol. The average molecular weight is 583 g/mol. The van der Waals surface area contributed by atoms with Crippen LogP contribution in [0.2, 0.25) is 0 Å². The highest BCUT2D eigenvalue weighted by Gasteiger charge is 2.36. The summed E-state index contributed by atoms with van der Waals surface area (Å²) < 4.78 is 45.2. The Kier molecular flexibility index (Phi) is 4.91. The lowest BCUT2D eigenvalue weighted by molar-refractivity contribution is -0.198. The lowest BCUT2D eigenvalue weighted by Crippen LogP contribution is -2.17. The van der Waals surface area contributed by atoms with Crippen molar-refractivity contribution in [2.24, 2.45) is 0 Å². The molecule has 7 aromatic rings. The van der Waals surface area contributed by atoms with Gasteiger partial charge < -0.3 is 4.98 Å². The van der Waals surface area contributed by atoms with Gasteiger partial charge in [-0.15, -0.1) is 13.2 Å². The first-order chi connectivity index (χ1) is 21.4. The van der Waals surface area contributed by atoms with Gasteiger partial charge in [0.15, 0.2) is 34.6 Å². The van der Waals surface area contributed by atoms with E-state index < -0.39 is 6.30 Å². The van der Waals surface area contributed by atoms with E-state index >= 15 is 0 Å². The summed E-state index contributed by atoms with van der Waals surface area (Å²) in [6.07, 6.45) is -4.86. The van der Waals surface area contributed by atoms with Gasteiger partial charge in [-0.1, -0.05) is 97.1 Å². The van der Waals surface area contributed by atoms with Gasteiger partial charge in [-0.05, 0) is 0 Å². The number of aromatic nitrogens is 8. The van der Waals surface area contributed by atoms with E-state index in [4.69, 9.17) is 9.97 Å². The van der Waals surface area contributed by atoms with Gasteiger partial charge >= 0.3 is 6.30 Å². The van der Waals surface area contributed by atoms with E-state index in [1.54, 1.807) is 48.5 Å². The molecule has 0 unspecified atom stereocenters. The van der Waals surface area contributed by atoms with Crippen LogP contribution in [0.15, 0.2) is 97.1 Å². The summed E-state index contributed by atoms with van der Waals surface area (Å²) in [5.74, 6) is 0.880. The molecule has 1 N–H and O–H groups in total. The van der Waals surface area contributed by atoms with Crippen LogP contribution in [0.4, 0.5) is 13.2 Å². The van der Waals surface area contributed by atoms with Gasteiger partial charge in [0.05, 0.1) is 0 Å². The normalized spacial score (nSPS) is 12.4. The van der Waals surface area contributed by atoms with E-state index in [2.05, 4.69) is 24.9 Å². The third kappa shape index (κ3) is 3.52. The molecule has 8 bridgehead atoms. The van der Waals surface area contributed by atoms with Gasteiger partial charge in [-0.25, -0.2) is 34.5 Å². The van der Waals surface area contributed by atoms with Gasteiger partial charge in [0.25, 0.3) is 0 Å². The zero-order valence-corrected chi connectivity index (χ0v) is 22.5. The summed E-state index contributed by atoms with van der Waals surface area (Å²) in [6.45, 7) is 0. The van der Waals surface area contributed by atoms with E-state index in [1.807, 2.05) is 48.5 Å². The van der Waals surface area contributed by atoms with Crippen molar-refractivity contribution >= 4 is 44.1 Å². The highest BCUT2D eigenvalue weighted by Crippen LogP contribution is 2.39. The first kappa shape index (κ1) is 24.6. The molecule has 0 saturated carbocycles. The predicted octanol–water partition coefficient (Wildman–Crippen LogP) is 7.82. The molecule has 0 aliphatic carbocycles. The molecule has 5 heterocycles. The lowest BCUT2D eigenvalue weighted by atomic mass is 10.1. The number of benzene rings is 4. The van der Waals surface area contributed by atoms with Crippen LogP contribution in [0.25, 0.3) is 89.7 Å². The zero-order chi connectivity index (χ0) is 29.6. The van der Waals surface area contributed by atoms with Crippen LogP contribution in [-0.2, 0) is 6.30 Å². The molecule has 210 valence electrons. The molecule has 2 aliphatic heterocycles. The predicted molar refractivity (Wildman–Crippen MR) is 161 cm³/mol. The topological polar surface area (TPSA) is 98.1 Å². The molecule has 0 spiro atoms. The highest BCUT2D eigenvalue weighted by molar-refractivity contribution is 6.06. The third-order valence-electron chi connectivity index (χ3n) is 7.86. The molecule has 2 aliphatic rings. The quantitative estimate of drug-likeness (QED) is 0.196. The van der Waals surface area contributed by atoms with Gasteiger partial charge in [-0.3, -0.25) is 0 Å². The minimum atomic E-state index is -4.86. The van der Waals surface area contributed by atoms with Crippen LogP contribution in [0.3, 0.4) is 0 Å². The van der Waals surface area contributed by atoms with E-state index in [-0.39, 0.29) is 38.3 Å². The number of aromatic amines is 1. The van der Waals surface area contributed by atoms with E-state index in [0.29, 0.717) is 45.2 Å². The summed E-state index contributed by atoms with van der Waals surface area (Å²) in [5, 5.41) is 2.17. The number of nitrogens with one attached hydrogen (secondary N) is 1. The fourth-order valence-corrected chi connectivity index (χ4v) is 5.94. The van der Waals surface area contributed by atoms with E-state index in [0.717, 1.165) is 10.8 Å². The Morgan fingerprint density at radius 1 is 0.432 bits per heavy atom. The maximum Gasteiger partial charge on any atom is 0.491 e. The van der Waals surface area contributed by atoms with Gasteiger partial charge in [0.1, 0.15) is 11.3 Å². The summed E-state index contributed by atoms with van der Waals surface area (Å²) >= 11 is 0. The van der Waals surface area contributed by atoms with E-state index in [9.17, 15) is 13.2 Å². The minimum Gasteiger partial charge on any atom is -0.324 e. The van der Waals surface area contributed by atoms with Crippen molar-refractivity contribution in [3.63, 3.8) is 0 Å². The van der Waals surface area contributed by atoms with Gasteiger partial charge in [0, 0.05) is 43.8 Å². The summed E-state index contributed by atoms with van der Waals surface area (Å²) in [7, 11) is 0. The average Bonchev–Trinajstić information content (AvgIpc) is 3.75. The van der Waals surface area contributed by atoms with Crippen molar-refractivity contribution in [2.75, 3.05) is 0 Å². The van der Waals surface area contributed by atoms with Crippen LogP contribution in [0.1, 0.15) is 0 Å². The number of hydrogen-bond acceptors (Lipinski definition) is 6. The first-order valence-corrected chi connectivity index (χ1v) is 13.7. The maximum absolute atomic E-state index is 15.0. The number of nitrogens with zero attached hydrogens (tertiary/aromatic N) is 7. The number of halogens is 3. The molecule has 3 aromatic heterocycles. The molecule has 0 fully saturated rings. The van der Waals surface area contributed by atoms with Crippen molar-refractivity contribution in [2.45, 2.75) is 6.30 Å². The lowest BCUT2D eigenvalue weighted by Gasteiger charge is -2.09. The fourth-order valence-electron chi connectivity index (χ4n) is 5.94. The molecule has 0 atom stereocenters. The largest absolute Gasteiger partial charge is 0.491 e. The summed E-state index contributed by atoms with van der Waals surface area (Å²) in [6, 6.07) is 28.7. The molecule has 0 amide bonds. The minimum absolute atomic E-state index is 0.117. The number of rotatable bonds is 0.